The van der Waals surface area contributed by atoms with Crippen LogP contribution in [-0.2, 0) is 9.47 Å². The molecule has 128 valence electrons. The average molecular weight is 416 g/mol. The largest absolute Gasteiger partial charge is 0.383 e. The van der Waals surface area contributed by atoms with Crippen molar-refractivity contribution in [3.8, 4) is 0 Å². The van der Waals surface area contributed by atoms with Crippen molar-refractivity contribution >= 4 is 29.9 Å². The molecule has 6 nitrogen and oxygen atoms in total. The Morgan fingerprint density at radius 1 is 1.14 bits per heavy atom. The van der Waals surface area contributed by atoms with Gasteiger partial charge in [-0.1, -0.05) is 0 Å². The second-order valence-electron chi connectivity index (χ2n) is 4.53. The Morgan fingerprint density at radius 2 is 1.90 bits per heavy atom. The monoisotopic (exact) mass is 416 g/mol. The fourth-order valence-corrected chi connectivity index (χ4v) is 1.57. The summed E-state index contributed by atoms with van der Waals surface area (Å²) in [7, 11) is 3.82. The number of rotatable bonds is 12. The maximum absolute atomic E-state index is 5.30. The number of halogens is 1. The van der Waals surface area contributed by atoms with Gasteiger partial charge in [-0.3, -0.25) is 4.99 Å². The van der Waals surface area contributed by atoms with Gasteiger partial charge in [-0.05, 0) is 27.3 Å². The molecule has 0 aliphatic carbocycles. The second kappa shape index (κ2) is 17.9. The first-order valence-electron chi connectivity index (χ1n) is 7.52. The first kappa shape index (κ1) is 23.2. The van der Waals surface area contributed by atoms with Gasteiger partial charge in [-0.25, -0.2) is 0 Å². The van der Waals surface area contributed by atoms with Crippen LogP contribution in [-0.4, -0.2) is 77.6 Å². The zero-order valence-corrected chi connectivity index (χ0v) is 16.3. The van der Waals surface area contributed by atoms with Crippen LogP contribution in [0, 0.1) is 0 Å². The summed E-state index contributed by atoms with van der Waals surface area (Å²) in [6.07, 6.45) is 0.957. The van der Waals surface area contributed by atoms with Crippen LogP contribution in [0.25, 0.3) is 0 Å². The van der Waals surface area contributed by atoms with Crippen LogP contribution in [0.3, 0.4) is 0 Å². The minimum Gasteiger partial charge on any atom is -0.383 e. The fourth-order valence-electron chi connectivity index (χ4n) is 1.57. The van der Waals surface area contributed by atoms with Crippen molar-refractivity contribution in [2.24, 2.45) is 4.99 Å². The van der Waals surface area contributed by atoms with Crippen LogP contribution in [0.5, 0.6) is 0 Å². The van der Waals surface area contributed by atoms with E-state index in [2.05, 4.69) is 34.5 Å². The molecule has 0 saturated heterocycles. The quantitative estimate of drug-likeness (QED) is 0.217. The summed E-state index contributed by atoms with van der Waals surface area (Å²) in [6.45, 7) is 10.8. The summed E-state index contributed by atoms with van der Waals surface area (Å²) in [5.41, 5.74) is 0. The van der Waals surface area contributed by atoms with Crippen LogP contribution >= 0.6 is 24.0 Å². The van der Waals surface area contributed by atoms with Crippen molar-refractivity contribution in [2.75, 3.05) is 66.7 Å². The molecule has 0 aliphatic rings. The van der Waals surface area contributed by atoms with Gasteiger partial charge in [0.1, 0.15) is 0 Å². The smallest absolute Gasteiger partial charge is 0.191 e. The molecule has 0 amide bonds. The fraction of sp³-hybridized carbons (Fsp3) is 0.929. The van der Waals surface area contributed by atoms with E-state index >= 15 is 0 Å². The normalized spacial score (nSPS) is 11.4. The van der Waals surface area contributed by atoms with E-state index in [0.717, 1.165) is 64.9 Å². The van der Waals surface area contributed by atoms with E-state index in [1.807, 2.05) is 6.92 Å². The van der Waals surface area contributed by atoms with E-state index in [4.69, 9.17) is 9.47 Å². The molecule has 0 aromatic carbocycles. The Morgan fingerprint density at radius 3 is 2.52 bits per heavy atom. The summed E-state index contributed by atoms with van der Waals surface area (Å²) < 4.78 is 10.4. The lowest BCUT2D eigenvalue weighted by atomic mass is 10.4. The molecule has 0 fully saturated rings. The lowest BCUT2D eigenvalue weighted by Crippen LogP contribution is -2.41. The molecule has 0 atom stereocenters. The molecule has 0 bridgehead atoms. The Labute approximate surface area is 147 Å². The molecule has 0 spiro atoms. The van der Waals surface area contributed by atoms with Crippen LogP contribution in [0.1, 0.15) is 20.3 Å². The highest BCUT2D eigenvalue weighted by molar-refractivity contribution is 14.0. The molecule has 0 radical (unpaired) electrons. The molecule has 2 N–H and O–H groups in total. The number of aliphatic imine (C=N–C) groups is 1. The van der Waals surface area contributed by atoms with E-state index in [-0.39, 0.29) is 24.0 Å². The number of methoxy groups -OCH3 is 1. The maximum Gasteiger partial charge on any atom is 0.191 e. The number of likely N-dealkylation sites (N-methyl/N-ethyl adjacent to an activating group) is 1. The third-order valence-corrected chi connectivity index (χ3v) is 2.73. The summed E-state index contributed by atoms with van der Waals surface area (Å²) >= 11 is 0. The third kappa shape index (κ3) is 16.1. The highest BCUT2D eigenvalue weighted by Crippen LogP contribution is 1.85. The minimum atomic E-state index is 0. The highest BCUT2D eigenvalue weighted by atomic mass is 127. The van der Waals surface area contributed by atoms with Crippen molar-refractivity contribution in [1.29, 1.82) is 0 Å². The maximum atomic E-state index is 5.30. The van der Waals surface area contributed by atoms with Gasteiger partial charge in [0.2, 0.25) is 0 Å². The topological polar surface area (TPSA) is 58.1 Å². The zero-order valence-electron chi connectivity index (χ0n) is 14.0. The molecule has 0 heterocycles. The van der Waals surface area contributed by atoms with Gasteiger partial charge in [0.15, 0.2) is 5.96 Å². The van der Waals surface area contributed by atoms with Gasteiger partial charge in [-0.15, -0.1) is 24.0 Å². The molecule has 0 unspecified atom stereocenters. The first-order chi connectivity index (χ1) is 9.74. The van der Waals surface area contributed by atoms with Gasteiger partial charge in [0.05, 0.1) is 6.61 Å². The summed E-state index contributed by atoms with van der Waals surface area (Å²) in [4.78, 5) is 6.75. The Bertz CT molecular complexity index is 243. The average Bonchev–Trinajstić information content (AvgIpc) is 2.44. The Kier molecular flexibility index (Phi) is 19.8. The van der Waals surface area contributed by atoms with E-state index in [1.165, 1.54) is 0 Å². The van der Waals surface area contributed by atoms with E-state index < -0.39 is 0 Å². The van der Waals surface area contributed by atoms with Crippen LogP contribution in [0.4, 0.5) is 0 Å². The molecule has 0 aromatic rings. The van der Waals surface area contributed by atoms with E-state index in [0.29, 0.717) is 0 Å². The molecule has 0 rings (SSSR count). The highest BCUT2D eigenvalue weighted by Gasteiger charge is 1.99. The summed E-state index contributed by atoms with van der Waals surface area (Å²) in [5.74, 6) is 0.879. The standard InChI is InChI=1S/C14H32N4O2.HI/c1-5-15-14(16-8-7-12-20-6-2)17-9-10-18(3)11-13-19-4;/h5-13H2,1-4H3,(H2,15,16,17);1H. The van der Waals surface area contributed by atoms with Crippen molar-refractivity contribution in [3.05, 3.63) is 0 Å². The Balaban J connectivity index is 0. The van der Waals surface area contributed by atoms with Crippen LogP contribution < -0.4 is 10.6 Å². The molecule has 0 aromatic heterocycles. The van der Waals surface area contributed by atoms with Gasteiger partial charge in [0.25, 0.3) is 0 Å². The van der Waals surface area contributed by atoms with E-state index in [9.17, 15) is 0 Å². The lowest BCUT2D eigenvalue weighted by molar-refractivity contribution is 0.146. The van der Waals surface area contributed by atoms with Crippen molar-refractivity contribution < 1.29 is 9.47 Å². The number of guanidine groups is 1. The van der Waals surface area contributed by atoms with Crippen LogP contribution in [0.2, 0.25) is 0 Å². The molecular weight excluding hydrogens is 383 g/mol. The molecule has 0 aliphatic heterocycles. The number of nitrogens with one attached hydrogen (secondary N) is 2. The third-order valence-electron chi connectivity index (χ3n) is 2.73. The number of nitrogens with zero attached hydrogens (tertiary/aromatic N) is 2. The molecule has 21 heavy (non-hydrogen) atoms. The van der Waals surface area contributed by atoms with Crippen LogP contribution in [0.15, 0.2) is 4.99 Å². The zero-order chi connectivity index (χ0) is 15.1. The van der Waals surface area contributed by atoms with Crippen molar-refractivity contribution in [2.45, 2.75) is 20.3 Å². The number of hydrogen-bond donors (Lipinski definition) is 2. The van der Waals surface area contributed by atoms with Crippen molar-refractivity contribution in [3.63, 3.8) is 0 Å². The van der Waals surface area contributed by atoms with Crippen molar-refractivity contribution in [1.82, 2.24) is 15.5 Å². The lowest BCUT2D eigenvalue weighted by Gasteiger charge is -2.17. The molecule has 7 heteroatoms. The molecule has 0 saturated carbocycles. The summed E-state index contributed by atoms with van der Waals surface area (Å²) in [6, 6.07) is 0. The van der Waals surface area contributed by atoms with Gasteiger partial charge in [-0.2, -0.15) is 0 Å². The van der Waals surface area contributed by atoms with Gasteiger partial charge >= 0.3 is 0 Å². The molecular formula is C14H33IN4O2. The summed E-state index contributed by atoms with van der Waals surface area (Å²) in [5, 5.41) is 6.58. The van der Waals surface area contributed by atoms with Gasteiger partial charge < -0.3 is 25.0 Å². The SMILES string of the molecule is CCNC(=NCCCOCC)NCCN(C)CCOC.I. The second-order valence-corrected chi connectivity index (χ2v) is 4.53. The number of ether oxygens (including phenoxy) is 2. The predicted molar refractivity (Wildman–Crippen MR) is 99.9 cm³/mol. The van der Waals surface area contributed by atoms with Gasteiger partial charge in [0, 0.05) is 53.0 Å². The first-order valence-corrected chi connectivity index (χ1v) is 7.52. The predicted octanol–water partition coefficient (Wildman–Crippen LogP) is 1.16. The van der Waals surface area contributed by atoms with E-state index in [1.54, 1.807) is 7.11 Å². The minimum absolute atomic E-state index is 0. The number of hydrogen-bond acceptors (Lipinski definition) is 4. The Hall–Kier alpha value is -0.120.